The van der Waals surface area contributed by atoms with Crippen molar-refractivity contribution in [1.29, 1.82) is 0 Å². The molecule has 0 radical (unpaired) electrons. The quantitative estimate of drug-likeness (QED) is 0.520. The van der Waals surface area contributed by atoms with Crippen LogP contribution in [0.2, 0.25) is 0 Å². The van der Waals surface area contributed by atoms with Crippen LogP contribution in [0.5, 0.6) is 0 Å². The van der Waals surface area contributed by atoms with Gasteiger partial charge in [-0.15, -0.1) is 0 Å². The summed E-state index contributed by atoms with van der Waals surface area (Å²) in [4.78, 5) is 0. The monoisotopic (exact) mass is 416 g/mol. The minimum Gasteiger partial charge on any atom is -0.393 e. The van der Waals surface area contributed by atoms with Gasteiger partial charge in [0.15, 0.2) is 0 Å². The highest BCUT2D eigenvalue weighted by atomic mass is 16.3. The Labute approximate surface area is 184 Å². The molecule has 3 saturated carbocycles. The second kappa shape index (κ2) is 9.30. The topological polar surface area (TPSA) is 60.7 Å². The zero-order valence-corrected chi connectivity index (χ0v) is 19.7. The number of hydrogen-bond donors (Lipinski definition) is 3. The highest BCUT2D eigenvalue weighted by Crippen LogP contribution is 2.60. The van der Waals surface area contributed by atoms with Crippen molar-refractivity contribution in [2.45, 2.75) is 110 Å². The first-order valence-corrected chi connectivity index (χ1v) is 12.2. The lowest BCUT2D eigenvalue weighted by Crippen LogP contribution is -2.36. The fraction of sp³-hybridized carbons (Fsp3) is 0.778. The molecular weight excluding hydrogens is 372 g/mol. The smallest absolute Gasteiger partial charge is 0.0811 e. The van der Waals surface area contributed by atoms with Crippen LogP contribution in [-0.2, 0) is 0 Å². The van der Waals surface area contributed by atoms with E-state index in [-0.39, 0.29) is 0 Å². The van der Waals surface area contributed by atoms with Gasteiger partial charge in [0.1, 0.15) is 0 Å². The Hall–Kier alpha value is -0.900. The van der Waals surface area contributed by atoms with Gasteiger partial charge in [0, 0.05) is 6.42 Å². The summed E-state index contributed by atoms with van der Waals surface area (Å²) < 4.78 is 0. The zero-order chi connectivity index (χ0) is 22.1. The molecule has 3 aliphatic rings. The molecule has 3 heteroatoms. The molecule has 0 heterocycles. The molecule has 6 atom stereocenters. The number of rotatable bonds is 6. The van der Waals surface area contributed by atoms with Gasteiger partial charge in [-0.1, -0.05) is 51.0 Å². The van der Waals surface area contributed by atoms with Crippen molar-refractivity contribution in [3.8, 4) is 0 Å². The van der Waals surface area contributed by atoms with Crippen LogP contribution in [0.1, 0.15) is 91.9 Å². The Kier molecular flexibility index (Phi) is 7.37. The van der Waals surface area contributed by atoms with E-state index in [0.717, 1.165) is 29.9 Å². The van der Waals surface area contributed by atoms with Crippen LogP contribution in [0.25, 0.3) is 0 Å². The predicted octanol–water partition coefficient (Wildman–Crippen LogP) is 5.70. The van der Waals surface area contributed by atoms with Gasteiger partial charge in [0.05, 0.1) is 17.8 Å². The molecule has 0 bridgehead atoms. The molecule has 3 fully saturated rings. The Bertz CT molecular complexity index is 683. The molecule has 170 valence electrons. The summed E-state index contributed by atoms with van der Waals surface area (Å²) in [7, 11) is 0. The van der Waals surface area contributed by atoms with Gasteiger partial charge < -0.3 is 15.3 Å². The first-order chi connectivity index (χ1) is 14.0. The van der Waals surface area contributed by atoms with Crippen molar-refractivity contribution >= 4 is 0 Å². The standard InChI is InChI=1S/C27H44O3/c1-18(8-6-14-26(3,4)30)23-12-13-24-20(9-7-15-27(23,24)5)10-11-21-16-22(28)17-25(29)19(21)2/h10-11,18,22-25,28-30H,2,6-9,12-17H2,1,3-5H3/t18?,22?,23-,24?,25?,27-/m1/s1. The largest absolute Gasteiger partial charge is 0.393 e. The van der Waals surface area contributed by atoms with Crippen LogP contribution >= 0.6 is 0 Å². The summed E-state index contributed by atoms with van der Waals surface area (Å²) in [6, 6.07) is 0. The summed E-state index contributed by atoms with van der Waals surface area (Å²) in [5.74, 6) is 2.11. The lowest BCUT2D eigenvalue weighted by Gasteiger charge is -2.44. The maximum absolute atomic E-state index is 10.1. The van der Waals surface area contributed by atoms with Gasteiger partial charge >= 0.3 is 0 Å². The maximum Gasteiger partial charge on any atom is 0.0811 e. The van der Waals surface area contributed by atoms with Crippen LogP contribution in [0.15, 0.2) is 35.5 Å². The van der Waals surface area contributed by atoms with E-state index in [9.17, 15) is 15.3 Å². The van der Waals surface area contributed by atoms with E-state index >= 15 is 0 Å². The molecule has 4 unspecified atom stereocenters. The SMILES string of the molecule is C=C1C(=CC=C2CCC[C@@]3(C)C2CC[C@@H]3C(C)CCCC(C)(C)O)CC(O)CC1O. The summed E-state index contributed by atoms with van der Waals surface area (Å²) in [6.45, 7) is 12.8. The second-order valence-electron chi connectivity index (χ2n) is 11.3. The normalized spacial score (nSPS) is 38.8. The van der Waals surface area contributed by atoms with E-state index in [0.29, 0.717) is 30.1 Å². The first kappa shape index (κ1) is 23.8. The van der Waals surface area contributed by atoms with E-state index in [1.165, 1.54) is 38.5 Å². The average Bonchev–Trinajstić information content (AvgIpc) is 3.00. The van der Waals surface area contributed by atoms with Crippen LogP contribution < -0.4 is 0 Å². The second-order valence-corrected chi connectivity index (χ2v) is 11.3. The van der Waals surface area contributed by atoms with Gasteiger partial charge in [-0.2, -0.15) is 0 Å². The Balaban J connectivity index is 1.70. The van der Waals surface area contributed by atoms with E-state index < -0.39 is 17.8 Å². The zero-order valence-electron chi connectivity index (χ0n) is 19.7. The first-order valence-electron chi connectivity index (χ1n) is 12.2. The highest BCUT2D eigenvalue weighted by Gasteiger charge is 2.50. The molecule has 0 saturated heterocycles. The molecule has 3 aliphatic carbocycles. The minimum absolute atomic E-state index is 0.374. The third-order valence-corrected chi connectivity index (χ3v) is 8.44. The van der Waals surface area contributed by atoms with Crippen molar-refractivity contribution in [2.24, 2.45) is 23.2 Å². The molecule has 3 rings (SSSR count). The van der Waals surface area contributed by atoms with E-state index in [1.807, 2.05) is 13.8 Å². The summed E-state index contributed by atoms with van der Waals surface area (Å²) in [6.07, 6.45) is 13.9. The van der Waals surface area contributed by atoms with Crippen LogP contribution in [-0.4, -0.2) is 33.1 Å². The molecule has 0 aromatic rings. The van der Waals surface area contributed by atoms with Crippen molar-refractivity contribution in [3.63, 3.8) is 0 Å². The van der Waals surface area contributed by atoms with E-state index in [4.69, 9.17) is 0 Å². The van der Waals surface area contributed by atoms with Gasteiger partial charge in [-0.3, -0.25) is 0 Å². The maximum atomic E-state index is 10.1. The average molecular weight is 417 g/mol. The van der Waals surface area contributed by atoms with Crippen molar-refractivity contribution in [1.82, 2.24) is 0 Å². The summed E-state index contributed by atoms with van der Waals surface area (Å²) >= 11 is 0. The summed E-state index contributed by atoms with van der Waals surface area (Å²) in [5, 5.41) is 30.2. The Morgan fingerprint density at radius 3 is 2.67 bits per heavy atom. The van der Waals surface area contributed by atoms with Gasteiger partial charge in [0.25, 0.3) is 0 Å². The molecule has 0 aromatic carbocycles. The minimum atomic E-state index is -0.615. The number of allylic oxidation sites excluding steroid dienone is 3. The molecule has 30 heavy (non-hydrogen) atoms. The lowest BCUT2D eigenvalue weighted by molar-refractivity contribution is 0.0596. The predicted molar refractivity (Wildman–Crippen MR) is 124 cm³/mol. The van der Waals surface area contributed by atoms with E-state index in [2.05, 4.69) is 32.6 Å². The van der Waals surface area contributed by atoms with Crippen molar-refractivity contribution in [3.05, 3.63) is 35.5 Å². The summed E-state index contributed by atoms with van der Waals surface area (Å²) in [5.41, 5.74) is 3.17. The third-order valence-electron chi connectivity index (χ3n) is 8.44. The Morgan fingerprint density at radius 2 is 1.97 bits per heavy atom. The molecular formula is C27H44O3. The fourth-order valence-corrected chi connectivity index (χ4v) is 6.74. The number of aliphatic hydroxyl groups is 3. The third kappa shape index (κ3) is 5.29. The lowest BCUT2D eigenvalue weighted by atomic mass is 9.60. The Morgan fingerprint density at radius 1 is 1.23 bits per heavy atom. The molecule has 0 aromatic heterocycles. The van der Waals surface area contributed by atoms with Crippen LogP contribution in [0, 0.1) is 23.2 Å². The van der Waals surface area contributed by atoms with Crippen LogP contribution in [0.3, 0.4) is 0 Å². The molecule has 3 nitrogen and oxygen atoms in total. The molecule has 0 aliphatic heterocycles. The number of hydrogen-bond acceptors (Lipinski definition) is 3. The van der Waals surface area contributed by atoms with Crippen LogP contribution in [0.4, 0.5) is 0 Å². The van der Waals surface area contributed by atoms with Crippen molar-refractivity contribution in [2.75, 3.05) is 0 Å². The highest BCUT2D eigenvalue weighted by molar-refractivity contribution is 5.38. The molecule has 0 spiro atoms. The molecule has 0 amide bonds. The van der Waals surface area contributed by atoms with Gasteiger partial charge in [-0.25, -0.2) is 0 Å². The number of fused-ring (bicyclic) bond motifs is 1. The van der Waals surface area contributed by atoms with Gasteiger partial charge in [-0.05, 0) is 93.1 Å². The molecule has 3 N–H and O–H groups in total. The van der Waals surface area contributed by atoms with Gasteiger partial charge in [0.2, 0.25) is 0 Å². The van der Waals surface area contributed by atoms with Crippen molar-refractivity contribution < 1.29 is 15.3 Å². The fourth-order valence-electron chi connectivity index (χ4n) is 6.74. The van der Waals surface area contributed by atoms with E-state index in [1.54, 1.807) is 5.57 Å². The number of aliphatic hydroxyl groups excluding tert-OH is 2.